The number of carbonyl (C=O) groups excluding carboxylic acids is 2. The molecule has 0 aromatic carbocycles. The minimum absolute atomic E-state index is 0.0154. The topological polar surface area (TPSA) is 94.1 Å². The van der Waals surface area contributed by atoms with Crippen molar-refractivity contribution in [3.05, 3.63) is 46.5 Å². The summed E-state index contributed by atoms with van der Waals surface area (Å²) in [4.78, 5) is 35.2. The lowest BCUT2D eigenvalue weighted by atomic mass is 10.3. The molecule has 22 heavy (non-hydrogen) atoms. The van der Waals surface area contributed by atoms with Crippen LogP contribution >= 0.6 is 23.2 Å². The van der Waals surface area contributed by atoms with Crippen LogP contribution < -0.4 is 5.32 Å². The third-order valence-corrected chi connectivity index (χ3v) is 2.99. The first-order valence-corrected chi connectivity index (χ1v) is 6.84. The highest BCUT2D eigenvalue weighted by Crippen LogP contribution is 2.18. The lowest BCUT2D eigenvalue weighted by Gasteiger charge is -2.13. The van der Waals surface area contributed by atoms with Crippen LogP contribution in [0.15, 0.2) is 30.6 Å². The molecule has 1 atom stereocenters. The number of nitrogens with one attached hydrogen (secondary N) is 1. The second-order valence-corrected chi connectivity index (χ2v) is 4.83. The number of nitrogens with zero attached hydrogens (tertiary/aromatic N) is 3. The van der Waals surface area contributed by atoms with Crippen molar-refractivity contribution in [3.8, 4) is 0 Å². The Balaban J connectivity index is 2.00. The summed E-state index contributed by atoms with van der Waals surface area (Å²) < 4.78 is 5.02. The molecule has 0 aliphatic rings. The molecule has 0 saturated carbocycles. The molecule has 0 radical (unpaired) electrons. The van der Waals surface area contributed by atoms with Gasteiger partial charge in [-0.15, -0.1) is 0 Å². The number of ether oxygens (including phenoxy) is 1. The molecule has 0 fully saturated rings. The number of hydrogen-bond acceptors (Lipinski definition) is 6. The minimum Gasteiger partial charge on any atom is -0.449 e. The van der Waals surface area contributed by atoms with Gasteiger partial charge in [0.15, 0.2) is 6.10 Å². The fourth-order valence-corrected chi connectivity index (χ4v) is 1.84. The van der Waals surface area contributed by atoms with Gasteiger partial charge in [-0.2, -0.15) is 0 Å². The van der Waals surface area contributed by atoms with E-state index in [4.69, 9.17) is 27.9 Å². The SMILES string of the molecule is C[C@@H](OC(=O)c1ccc(Cl)nc1Cl)C(=O)Nc1ncccn1. The number of anilines is 1. The van der Waals surface area contributed by atoms with Crippen LogP contribution in [0.25, 0.3) is 0 Å². The van der Waals surface area contributed by atoms with E-state index in [1.54, 1.807) is 6.07 Å². The van der Waals surface area contributed by atoms with E-state index in [0.29, 0.717) is 0 Å². The zero-order chi connectivity index (χ0) is 16.1. The molecular weight excluding hydrogens is 331 g/mol. The van der Waals surface area contributed by atoms with Gasteiger partial charge in [0.1, 0.15) is 10.3 Å². The molecule has 1 amide bonds. The van der Waals surface area contributed by atoms with Crippen molar-refractivity contribution in [2.24, 2.45) is 0 Å². The molecule has 2 heterocycles. The molecule has 7 nitrogen and oxygen atoms in total. The minimum atomic E-state index is -1.07. The van der Waals surface area contributed by atoms with Crippen molar-refractivity contribution in [1.29, 1.82) is 0 Å². The van der Waals surface area contributed by atoms with Gasteiger partial charge >= 0.3 is 5.97 Å². The second-order valence-electron chi connectivity index (χ2n) is 4.08. The van der Waals surface area contributed by atoms with Crippen LogP contribution in [0, 0.1) is 0 Å². The van der Waals surface area contributed by atoms with Crippen molar-refractivity contribution >= 4 is 41.0 Å². The first kappa shape index (κ1) is 16.1. The van der Waals surface area contributed by atoms with Gasteiger partial charge in [-0.25, -0.2) is 19.7 Å². The van der Waals surface area contributed by atoms with E-state index in [2.05, 4.69) is 20.3 Å². The van der Waals surface area contributed by atoms with E-state index < -0.39 is 18.0 Å². The van der Waals surface area contributed by atoms with Gasteiger partial charge in [-0.1, -0.05) is 23.2 Å². The fourth-order valence-electron chi connectivity index (χ4n) is 1.42. The maximum absolute atomic E-state index is 11.9. The van der Waals surface area contributed by atoms with Gasteiger partial charge in [0.2, 0.25) is 5.95 Å². The number of hydrogen-bond donors (Lipinski definition) is 1. The highest BCUT2D eigenvalue weighted by molar-refractivity contribution is 6.34. The van der Waals surface area contributed by atoms with Crippen molar-refractivity contribution in [2.75, 3.05) is 5.32 Å². The average molecular weight is 341 g/mol. The maximum Gasteiger partial charge on any atom is 0.342 e. The summed E-state index contributed by atoms with van der Waals surface area (Å²) in [5.41, 5.74) is 0.0154. The first-order chi connectivity index (χ1) is 10.5. The lowest BCUT2D eigenvalue weighted by molar-refractivity contribution is -0.123. The summed E-state index contributed by atoms with van der Waals surface area (Å²) in [7, 11) is 0. The number of esters is 1. The predicted molar refractivity (Wildman–Crippen MR) is 79.8 cm³/mol. The van der Waals surface area contributed by atoms with Crippen LogP contribution in [0.3, 0.4) is 0 Å². The first-order valence-electron chi connectivity index (χ1n) is 6.08. The molecule has 0 aliphatic carbocycles. The summed E-state index contributed by atoms with van der Waals surface area (Å²) in [6.45, 7) is 1.41. The Morgan fingerprint density at radius 2 is 1.91 bits per heavy atom. The van der Waals surface area contributed by atoms with Gasteiger partial charge in [0.05, 0.1) is 5.56 Å². The van der Waals surface area contributed by atoms with E-state index >= 15 is 0 Å². The monoisotopic (exact) mass is 340 g/mol. The smallest absolute Gasteiger partial charge is 0.342 e. The Morgan fingerprint density at radius 1 is 1.23 bits per heavy atom. The average Bonchev–Trinajstić information content (AvgIpc) is 2.47. The van der Waals surface area contributed by atoms with Crippen LogP contribution in [0.5, 0.6) is 0 Å². The third kappa shape index (κ3) is 4.12. The standard InChI is InChI=1S/C13H10Cl2N4O3/c1-7(11(20)19-13-16-5-2-6-17-13)22-12(21)8-3-4-9(14)18-10(8)15/h2-7H,1H3,(H,16,17,19,20)/t7-/m1/s1. The molecule has 0 unspecified atom stereocenters. The molecule has 0 spiro atoms. The number of amides is 1. The molecule has 114 valence electrons. The van der Waals surface area contributed by atoms with E-state index in [1.165, 1.54) is 31.5 Å². The predicted octanol–water partition coefficient (Wildman–Crippen LogP) is 2.36. The Kier molecular flexibility index (Phi) is 5.24. The summed E-state index contributed by atoms with van der Waals surface area (Å²) in [6, 6.07) is 4.37. The van der Waals surface area contributed by atoms with Gasteiger partial charge in [0.25, 0.3) is 5.91 Å². The largest absolute Gasteiger partial charge is 0.449 e. The van der Waals surface area contributed by atoms with Crippen LogP contribution in [0.2, 0.25) is 10.3 Å². The molecule has 2 rings (SSSR count). The highest BCUT2D eigenvalue weighted by Gasteiger charge is 2.21. The summed E-state index contributed by atoms with van der Waals surface area (Å²) in [5.74, 6) is -1.25. The van der Waals surface area contributed by atoms with Crippen molar-refractivity contribution in [1.82, 2.24) is 15.0 Å². The van der Waals surface area contributed by atoms with Crippen LogP contribution in [-0.2, 0) is 9.53 Å². The number of halogens is 2. The molecule has 2 aromatic heterocycles. The number of carbonyl (C=O) groups is 2. The molecule has 1 N–H and O–H groups in total. The van der Waals surface area contributed by atoms with Gasteiger partial charge in [-0.3, -0.25) is 10.1 Å². The third-order valence-electron chi connectivity index (χ3n) is 2.49. The Morgan fingerprint density at radius 3 is 2.55 bits per heavy atom. The van der Waals surface area contributed by atoms with Gasteiger partial charge in [-0.05, 0) is 25.1 Å². The zero-order valence-electron chi connectivity index (χ0n) is 11.3. The fraction of sp³-hybridized carbons (Fsp3) is 0.154. The highest BCUT2D eigenvalue weighted by atomic mass is 35.5. The summed E-state index contributed by atoms with van der Waals surface area (Å²) in [5, 5.41) is 2.46. The summed E-state index contributed by atoms with van der Waals surface area (Å²) >= 11 is 11.4. The number of pyridine rings is 1. The van der Waals surface area contributed by atoms with E-state index in [1.807, 2.05) is 0 Å². The molecule has 0 saturated heterocycles. The zero-order valence-corrected chi connectivity index (χ0v) is 12.8. The molecule has 0 bridgehead atoms. The van der Waals surface area contributed by atoms with E-state index in [9.17, 15) is 9.59 Å². The van der Waals surface area contributed by atoms with Crippen LogP contribution in [0.1, 0.15) is 17.3 Å². The summed E-state index contributed by atoms with van der Waals surface area (Å²) in [6.07, 6.45) is 1.87. The maximum atomic E-state index is 11.9. The number of rotatable bonds is 4. The molecular formula is C13H10Cl2N4O3. The quantitative estimate of drug-likeness (QED) is 0.678. The molecule has 0 aliphatic heterocycles. The van der Waals surface area contributed by atoms with Crippen molar-refractivity contribution in [3.63, 3.8) is 0 Å². The molecule has 2 aromatic rings. The van der Waals surface area contributed by atoms with Crippen molar-refractivity contribution < 1.29 is 14.3 Å². The van der Waals surface area contributed by atoms with Gasteiger partial charge in [0, 0.05) is 12.4 Å². The lowest BCUT2D eigenvalue weighted by Crippen LogP contribution is -2.30. The van der Waals surface area contributed by atoms with E-state index in [0.717, 1.165) is 0 Å². The second kappa shape index (κ2) is 7.15. The number of aromatic nitrogens is 3. The Labute approximate surface area is 135 Å². The Hall–Kier alpha value is -2.25. The normalized spacial score (nSPS) is 11.6. The van der Waals surface area contributed by atoms with Crippen molar-refractivity contribution in [2.45, 2.75) is 13.0 Å². The Bertz CT molecular complexity index is 697. The van der Waals surface area contributed by atoms with Crippen LogP contribution in [0.4, 0.5) is 5.95 Å². The van der Waals surface area contributed by atoms with E-state index in [-0.39, 0.29) is 21.8 Å². The van der Waals surface area contributed by atoms with Gasteiger partial charge < -0.3 is 4.74 Å². The van der Waals surface area contributed by atoms with Crippen LogP contribution in [-0.4, -0.2) is 32.9 Å². The molecule has 9 heteroatoms.